The molecular weight excluding hydrogens is 640 g/mol. The fraction of sp³-hybridized carbons (Fsp3) is 0.391. The first-order valence-corrected chi connectivity index (χ1v) is 16.0. The SMILES string of the molecule is CNC(=O)Oc1c(-c2ccc(F)cc2)oc2nc(N(CCCC3CCCS3(=O)=O)S(C)(=O)=O)c(I)cc12. The molecule has 1 atom stereocenters. The Bertz CT molecular complexity index is 1540. The van der Waals surface area contributed by atoms with Crippen LogP contribution in [-0.2, 0) is 19.9 Å². The standard InChI is InChI=1S/C23H25FIN3O7S2/c1-26-23(29)35-20-17-13-18(25)21(27-22(17)34-19(20)14-7-9-15(24)10-8-14)28(36(2,30)31)11-3-5-16-6-4-12-37(16,32)33/h7-10,13,16H,3-6,11-12H2,1-2H3,(H,26,29). The van der Waals surface area contributed by atoms with E-state index in [0.29, 0.717) is 40.2 Å². The summed E-state index contributed by atoms with van der Waals surface area (Å²) < 4.78 is 76.1. The average Bonchev–Trinajstić information content (AvgIpc) is 3.34. The molecule has 0 aliphatic carbocycles. The number of nitrogens with one attached hydrogen (secondary N) is 1. The molecule has 14 heteroatoms. The molecule has 2 aromatic heterocycles. The number of amides is 1. The average molecular weight is 666 g/mol. The highest BCUT2D eigenvalue weighted by Crippen LogP contribution is 2.42. The Morgan fingerprint density at radius 3 is 2.62 bits per heavy atom. The van der Waals surface area contributed by atoms with Gasteiger partial charge in [-0.2, -0.15) is 4.98 Å². The molecule has 1 saturated heterocycles. The van der Waals surface area contributed by atoms with Crippen molar-refractivity contribution in [2.75, 3.05) is 29.9 Å². The van der Waals surface area contributed by atoms with Gasteiger partial charge in [0.05, 0.1) is 26.2 Å². The highest BCUT2D eigenvalue weighted by atomic mass is 127. The Hall–Kier alpha value is -2.46. The number of carbonyl (C=O) groups excluding carboxylic acids is 1. The molecule has 0 bridgehead atoms. The molecule has 1 aliphatic heterocycles. The third-order valence-corrected chi connectivity index (χ3v) is 10.4. The summed E-state index contributed by atoms with van der Waals surface area (Å²) in [6.45, 7) is 0.0342. The third kappa shape index (κ3) is 6.00. The summed E-state index contributed by atoms with van der Waals surface area (Å²) in [6.07, 6.45) is 2.17. The molecule has 0 saturated carbocycles. The third-order valence-electron chi connectivity index (χ3n) is 6.06. The summed E-state index contributed by atoms with van der Waals surface area (Å²) in [4.78, 5) is 16.5. The lowest BCUT2D eigenvalue weighted by atomic mass is 10.1. The quantitative estimate of drug-likeness (QED) is 0.356. The minimum atomic E-state index is -3.78. The van der Waals surface area contributed by atoms with Crippen molar-refractivity contribution in [2.24, 2.45) is 0 Å². The van der Waals surface area contributed by atoms with Gasteiger partial charge in [0.15, 0.2) is 27.2 Å². The van der Waals surface area contributed by atoms with Crippen LogP contribution in [0.15, 0.2) is 34.7 Å². The number of aromatic nitrogens is 1. The van der Waals surface area contributed by atoms with Crippen LogP contribution < -0.4 is 14.4 Å². The van der Waals surface area contributed by atoms with Gasteiger partial charge < -0.3 is 14.5 Å². The van der Waals surface area contributed by atoms with Crippen molar-refractivity contribution in [3.05, 3.63) is 39.7 Å². The molecule has 0 radical (unpaired) electrons. The topological polar surface area (TPSA) is 136 Å². The van der Waals surface area contributed by atoms with E-state index in [9.17, 15) is 26.0 Å². The van der Waals surface area contributed by atoms with Gasteiger partial charge in [-0.05, 0) is 78.6 Å². The van der Waals surface area contributed by atoms with Crippen LogP contribution in [0.3, 0.4) is 0 Å². The van der Waals surface area contributed by atoms with E-state index in [1.807, 2.05) is 22.6 Å². The number of benzene rings is 1. The first-order valence-electron chi connectivity index (χ1n) is 11.4. The summed E-state index contributed by atoms with van der Waals surface area (Å²) in [7, 11) is -5.52. The normalized spacial score (nSPS) is 17.1. The van der Waals surface area contributed by atoms with Gasteiger partial charge in [0.2, 0.25) is 15.7 Å². The molecule has 4 rings (SSSR count). The number of pyridine rings is 1. The number of hydrogen-bond acceptors (Lipinski definition) is 8. The maximum absolute atomic E-state index is 13.5. The highest BCUT2D eigenvalue weighted by molar-refractivity contribution is 14.1. The molecule has 3 heterocycles. The van der Waals surface area contributed by atoms with E-state index >= 15 is 0 Å². The van der Waals surface area contributed by atoms with Gasteiger partial charge in [-0.3, -0.25) is 4.31 Å². The van der Waals surface area contributed by atoms with Crippen molar-refractivity contribution in [3.8, 4) is 17.1 Å². The van der Waals surface area contributed by atoms with Crippen molar-refractivity contribution in [2.45, 2.75) is 30.9 Å². The van der Waals surface area contributed by atoms with Crippen molar-refractivity contribution < 1.29 is 35.2 Å². The molecule has 1 fully saturated rings. The highest BCUT2D eigenvalue weighted by Gasteiger charge is 2.32. The van der Waals surface area contributed by atoms with Crippen LogP contribution in [0.1, 0.15) is 25.7 Å². The monoisotopic (exact) mass is 665 g/mol. The molecule has 37 heavy (non-hydrogen) atoms. The molecular formula is C23H25FIN3O7S2. The molecule has 1 N–H and O–H groups in total. The van der Waals surface area contributed by atoms with Crippen LogP contribution in [0.2, 0.25) is 0 Å². The first-order chi connectivity index (χ1) is 17.4. The number of sulfonamides is 1. The number of hydrogen-bond donors (Lipinski definition) is 1. The largest absolute Gasteiger partial charge is 0.434 e. The van der Waals surface area contributed by atoms with Gasteiger partial charge >= 0.3 is 6.09 Å². The van der Waals surface area contributed by atoms with E-state index in [1.165, 1.54) is 31.3 Å². The summed E-state index contributed by atoms with van der Waals surface area (Å²) in [5.74, 6) is -0.0147. The van der Waals surface area contributed by atoms with E-state index in [4.69, 9.17) is 9.15 Å². The smallest absolute Gasteiger partial charge is 0.412 e. The van der Waals surface area contributed by atoms with Crippen molar-refractivity contribution >= 4 is 65.5 Å². The summed E-state index contributed by atoms with van der Waals surface area (Å²) in [5, 5.41) is 2.22. The van der Waals surface area contributed by atoms with E-state index < -0.39 is 37.0 Å². The minimum Gasteiger partial charge on any atom is -0.434 e. The van der Waals surface area contributed by atoms with Gasteiger partial charge in [-0.1, -0.05) is 0 Å². The van der Waals surface area contributed by atoms with Crippen LogP contribution in [0, 0.1) is 9.39 Å². The maximum Gasteiger partial charge on any atom is 0.412 e. The number of fused-ring (bicyclic) bond motifs is 1. The Morgan fingerprint density at radius 1 is 1.32 bits per heavy atom. The molecule has 3 aromatic rings. The van der Waals surface area contributed by atoms with Crippen LogP contribution in [0.25, 0.3) is 22.4 Å². The number of furan rings is 1. The minimum absolute atomic E-state index is 0.0145. The number of nitrogens with zero attached hydrogens (tertiary/aromatic N) is 2. The number of ether oxygens (including phenoxy) is 1. The predicted octanol–water partition coefficient (Wildman–Crippen LogP) is 4.08. The number of anilines is 1. The summed E-state index contributed by atoms with van der Waals surface area (Å²) >= 11 is 1.94. The molecule has 1 aromatic carbocycles. The van der Waals surface area contributed by atoms with Crippen LogP contribution in [-0.4, -0.2) is 58.8 Å². The lowest BCUT2D eigenvalue weighted by Gasteiger charge is -2.23. The van der Waals surface area contributed by atoms with Gasteiger partial charge in [0.1, 0.15) is 5.82 Å². The Labute approximate surface area is 227 Å². The van der Waals surface area contributed by atoms with Gasteiger partial charge in [-0.25, -0.2) is 26.0 Å². The number of sulfone groups is 1. The molecule has 200 valence electrons. The summed E-state index contributed by atoms with van der Waals surface area (Å²) in [6, 6.07) is 6.95. The predicted molar refractivity (Wildman–Crippen MR) is 145 cm³/mol. The van der Waals surface area contributed by atoms with E-state index in [-0.39, 0.29) is 35.3 Å². The molecule has 10 nitrogen and oxygen atoms in total. The van der Waals surface area contributed by atoms with Crippen LogP contribution in [0.5, 0.6) is 5.75 Å². The van der Waals surface area contributed by atoms with Gasteiger partial charge in [-0.15, -0.1) is 0 Å². The fourth-order valence-corrected chi connectivity index (χ4v) is 8.01. The molecule has 0 spiro atoms. The molecule has 1 amide bonds. The van der Waals surface area contributed by atoms with Crippen molar-refractivity contribution in [1.82, 2.24) is 10.3 Å². The van der Waals surface area contributed by atoms with E-state index in [2.05, 4.69) is 10.3 Å². The lowest BCUT2D eigenvalue weighted by molar-refractivity contribution is 0.203. The van der Waals surface area contributed by atoms with Gasteiger partial charge in [0.25, 0.3) is 0 Å². The van der Waals surface area contributed by atoms with Crippen molar-refractivity contribution in [1.29, 1.82) is 0 Å². The first kappa shape index (κ1) is 27.6. The van der Waals surface area contributed by atoms with Gasteiger partial charge in [0, 0.05) is 19.2 Å². The van der Waals surface area contributed by atoms with Crippen LogP contribution in [0.4, 0.5) is 15.0 Å². The second kappa shape index (κ2) is 10.7. The molecule has 1 unspecified atom stereocenters. The number of carbonyl (C=O) groups is 1. The Balaban J connectivity index is 1.73. The molecule has 1 aliphatic rings. The number of halogens is 2. The van der Waals surface area contributed by atoms with Crippen LogP contribution >= 0.6 is 22.6 Å². The fourth-order valence-electron chi connectivity index (χ4n) is 4.25. The Kier molecular flexibility index (Phi) is 7.99. The van der Waals surface area contributed by atoms with E-state index in [1.54, 1.807) is 6.07 Å². The Morgan fingerprint density at radius 2 is 2.03 bits per heavy atom. The zero-order valence-corrected chi connectivity index (χ0v) is 23.8. The van der Waals surface area contributed by atoms with E-state index in [0.717, 1.165) is 10.6 Å². The zero-order valence-electron chi connectivity index (χ0n) is 20.0. The lowest BCUT2D eigenvalue weighted by Crippen LogP contribution is -2.33. The number of rotatable bonds is 8. The second-order valence-corrected chi connectivity index (χ2v) is 14.1. The van der Waals surface area contributed by atoms with Crippen molar-refractivity contribution in [3.63, 3.8) is 0 Å². The zero-order chi connectivity index (χ0) is 27.0. The summed E-state index contributed by atoms with van der Waals surface area (Å²) in [5.41, 5.74) is 0.438. The maximum atomic E-state index is 13.5. The second-order valence-electron chi connectivity index (χ2n) is 8.66.